The van der Waals surface area contributed by atoms with Gasteiger partial charge in [0.25, 0.3) is 0 Å². The lowest BCUT2D eigenvalue weighted by atomic mass is 9.94. The van der Waals surface area contributed by atoms with Gasteiger partial charge in [-0.05, 0) is 11.6 Å². The SMILES string of the molecule is CC(C)(C)C(=O)N1CCN(Cc2cc[c]cc2)CC1. The van der Waals surface area contributed by atoms with E-state index in [2.05, 4.69) is 23.1 Å². The average molecular weight is 259 g/mol. The number of hydrogen-bond donors (Lipinski definition) is 0. The Balaban J connectivity index is 1.85. The van der Waals surface area contributed by atoms with E-state index in [0.717, 1.165) is 32.7 Å². The maximum Gasteiger partial charge on any atom is 0.228 e. The second-order valence-electron chi connectivity index (χ2n) is 6.23. The first-order valence-electron chi connectivity index (χ1n) is 6.93. The lowest BCUT2D eigenvalue weighted by molar-refractivity contribution is -0.141. The third kappa shape index (κ3) is 3.80. The molecular formula is C16H23N2O. The molecule has 1 amide bonds. The van der Waals surface area contributed by atoms with Crippen molar-refractivity contribution in [2.45, 2.75) is 27.3 Å². The van der Waals surface area contributed by atoms with Gasteiger partial charge >= 0.3 is 0 Å². The average Bonchev–Trinajstić information content (AvgIpc) is 2.39. The van der Waals surface area contributed by atoms with Crippen molar-refractivity contribution in [1.82, 2.24) is 9.80 Å². The molecule has 0 spiro atoms. The molecule has 1 aliphatic rings. The normalized spacial score (nSPS) is 17.5. The number of hydrogen-bond acceptors (Lipinski definition) is 2. The van der Waals surface area contributed by atoms with E-state index in [1.807, 2.05) is 37.8 Å². The van der Waals surface area contributed by atoms with E-state index in [-0.39, 0.29) is 11.3 Å². The third-order valence-corrected chi connectivity index (χ3v) is 3.49. The van der Waals surface area contributed by atoms with Crippen LogP contribution in [0, 0.1) is 11.5 Å². The summed E-state index contributed by atoms with van der Waals surface area (Å²) in [5.41, 5.74) is 1.05. The number of benzene rings is 1. The number of carbonyl (C=O) groups excluding carboxylic acids is 1. The molecule has 1 saturated heterocycles. The van der Waals surface area contributed by atoms with Crippen LogP contribution in [0.25, 0.3) is 0 Å². The Kier molecular flexibility index (Phi) is 4.25. The van der Waals surface area contributed by atoms with E-state index in [4.69, 9.17) is 0 Å². The molecule has 1 aromatic carbocycles. The first kappa shape index (κ1) is 14.1. The molecule has 1 aromatic rings. The van der Waals surface area contributed by atoms with Crippen molar-refractivity contribution in [2.75, 3.05) is 26.2 Å². The summed E-state index contributed by atoms with van der Waals surface area (Å²) in [6, 6.07) is 11.2. The van der Waals surface area contributed by atoms with Gasteiger partial charge in [-0.1, -0.05) is 45.0 Å². The van der Waals surface area contributed by atoms with Gasteiger partial charge in [-0.3, -0.25) is 9.69 Å². The smallest absolute Gasteiger partial charge is 0.228 e. The largest absolute Gasteiger partial charge is 0.340 e. The van der Waals surface area contributed by atoms with Crippen molar-refractivity contribution in [3.8, 4) is 0 Å². The quantitative estimate of drug-likeness (QED) is 0.812. The molecule has 19 heavy (non-hydrogen) atoms. The Morgan fingerprint density at radius 3 is 2.26 bits per heavy atom. The zero-order chi connectivity index (χ0) is 13.9. The van der Waals surface area contributed by atoms with Crippen molar-refractivity contribution in [1.29, 1.82) is 0 Å². The highest BCUT2D eigenvalue weighted by Crippen LogP contribution is 2.19. The fourth-order valence-corrected chi connectivity index (χ4v) is 2.37. The number of amides is 1. The second-order valence-corrected chi connectivity index (χ2v) is 6.23. The van der Waals surface area contributed by atoms with Gasteiger partial charge < -0.3 is 4.90 Å². The summed E-state index contributed by atoms with van der Waals surface area (Å²) in [4.78, 5) is 16.6. The third-order valence-electron chi connectivity index (χ3n) is 3.49. The summed E-state index contributed by atoms with van der Waals surface area (Å²) in [5, 5.41) is 0. The van der Waals surface area contributed by atoms with E-state index in [0.29, 0.717) is 0 Å². The number of carbonyl (C=O) groups is 1. The standard InChI is InChI=1S/C16H23N2O/c1-16(2,3)15(19)18-11-9-17(10-12-18)13-14-7-5-4-6-8-14/h5-8H,9-13H2,1-3H3. The molecule has 1 aliphatic heterocycles. The molecule has 0 N–H and O–H groups in total. The van der Waals surface area contributed by atoms with Crippen LogP contribution in [0.15, 0.2) is 24.3 Å². The number of rotatable bonds is 2. The van der Waals surface area contributed by atoms with Gasteiger partial charge in [0.2, 0.25) is 5.91 Å². The molecule has 0 bridgehead atoms. The van der Waals surface area contributed by atoms with Gasteiger partial charge in [0.15, 0.2) is 0 Å². The molecule has 0 unspecified atom stereocenters. The Bertz CT molecular complexity index is 414. The molecule has 1 fully saturated rings. The molecule has 3 heteroatoms. The van der Waals surface area contributed by atoms with Crippen LogP contribution in [0.3, 0.4) is 0 Å². The van der Waals surface area contributed by atoms with Crippen LogP contribution < -0.4 is 0 Å². The summed E-state index contributed by atoms with van der Waals surface area (Å²) in [6.07, 6.45) is 0. The fraction of sp³-hybridized carbons (Fsp3) is 0.562. The van der Waals surface area contributed by atoms with E-state index in [9.17, 15) is 4.79 Å². The van der Waals surface area contributed by atoms with Crippen molar-refractivity contribution in [2.24, 2.45) is 5.41 Å². The highest BCUT2D eigenvalue weighted by Gasteiger charge is 2.29. The van der Waals surface area contributed by atoms with E-state index >= 15 is 0 Å². The molecule has 0 saturated carbocycles. The van der Waals surface area contributed by atoms with Gasteiger partial charge in [-0.15, -0.1) is 0 Å². The van der Waals surface area contributed by atoms with E-state index in [1.54, 1.807) is 0 Å². The Labute approximate surface area is 116 Å². The molecule has 1 radical (unpaired) electrons. The Morgan fingerprint density at radius 2 is 1.74 bits per heavy atom. The zero-order valence-corrected chi connectivity index (χ0v) is 12.1. The Morgan fingerprint density at radius 1 is 1.16 bits per heavy atom. The van der Waals surface area contributed by atoms with Crippen molar-refractivity contribution < 1.29 is 4.79 Å². The zero-order valence-electron chi connectivity index (χ0n) is 12.1. The molecular weight excluding hydrogens is 236 g/mol. The van der Waals surface area contributed by atoms with Gasteiger partial charge in [0.1, 0.15) is 0 Å². The van der Waals surface area contributed by atoms with Crippen molar-refractivity contribution >= 4 is 5.91 Å². The van der Waals surface area contributed by atoms with Crippen LogP contribution in [0.2, 0.25) is 0 Å². The minimum atomic E-state index is -0.266. The van der Waals surface area contributed by atoms with Crippen LogP contribution in [-0.2, 0) is 11.3 Å². The fourth-order valence-electron chi connectivity index (χ4n) is 2.37. The summed E-state index contributed by atoms with van der Waals surface area (Å²) >= 11 is 0. The van der Waals surface area contributed by atoms with Crippen LogP contribution in [0.1, 0.15) is 26.3 Å². The first-order chi connectivity index (χ1) is 8.97. The van der Waals surface area contributed by atoms with Crippen molar-refractivity contribution in [3.63, 3.8) is 0 Å². The highest BCUT2D eigenvalue weighted by atomic mass is 16.2. The minimum absolute atomic E-state index is 0.265. The molecule has 103 valence electrons. The first-order valence-corrected chi connectivity index (χ1v) is 6.93. The molecule has 1 heterocycles. The molecule has 3 nitrogen and oxygen atoms in total. The predicted octanol–water partition coefficient (Wildman–Crippen LogP) is 2.18. The number of piperazine rings is 1. The van der Waals surface area contributed by atoms with Crippen LogP contribution in [-0.4, -0.2) is 41.9 Å². The monoisotopic (exact) mass is 259 g/mol. The number of nitrogens with zero attached hydrogens (tertiary/aromatic N) is 2. The summed E-state index contributed by atoms with van der Waals surface area (Å²) in [5.74, 6) is 0.265. The topological polar surface area (TPSA) is 23.6 Å². The summed E-state index contributed by atoms with van der Waals surface area (Å²) in [7, 11) is 0. The molecule has 0 aliphatic carbocycles. The van der Waals surface area contributed by atoms with Crippen LogP contribution in [0.5, 0.6) is 0 Å². The van der Waals surface area contributed by atoms with Gasteiger partial charge in [0.05, 0.1) is 0 Å². The summed E-state index contributed by atoms with van der Waals surface area (Å²) < 4.78 is 0. The lowest BCUT2D eigenvalue weighted by Gasteiger charge is -2.37. The Hall–Kier alpha value is -1.35. The maximum absolute atomic E-state index is 12.2. The lowest BCUT2D eigenvalue weighted by Crippen LogP contribution is -2.51. The van der Waals surface area contributed by atoms with Gasteiger partial charge in [0, 0.05) is 38.1 Å². The van der Waals surface area contributed by atoms with Gasteiger partial charge in [-0.2, -0.15) is 0 Å². The van der Waals surface area contributed by atoms with E-state index < -0.39 is 0 Å². The van der Waals surface area contributed by atoms with Crippen molar-refractivity contribution in [3.05, 3.63) is 35.9 Å². The summed E-state index contributed by atoms with van der Waals surface area (Å²) in [6.45, 7) is 10.5. The van der Waals surface area contributed by atoms with E-state index in [1.165, 1.54) is 5.56 Å². The predicted molar refractivity (Wildman–Crippen MR) is 76.6 cm³/mol. The molecule has 0 atom stereocenters. The molecule has 0 aromatic heterocycles. The molecule has 2 rings (SSSR count). The maximum atomic E-state index is 12.2. The minimum Gasteiger partial charge on any atom is -0.340 e. The van der Waals surface area contributed by atoms with Crippen LogP contribution in [0.4, 0.5) is 0 Å². The second kappa shape index (κ2) is 5.74. The van der Waals surface area contributed by atoms with Crippen LogP contribution >= 0.6 is 0 Å². The van der Waals surface area contributed by atoms with Gasteiger partial charge in [-0.25, -0.2) is 0 Å². The highest BCUT2D eigenvalue weighted by molar-refractivity contribution is 5.81.